The zero-order valence-electron chi connectivity index (χ0n) is 15.9. The van der Waals surface area contributed by atoms with Crippen molar-refractivity contribution in [3.63, 3.8) is 0 Å². The van der Waals surface area contributed by atoms with Crippen LogP contribution in [0.25, 0.3) is 0 Å². The lowest BCUT2D eigenvalue weighted by atomic mass is 10.2. The molecule has 0 aliphatic carbocycles. The highest BCUT2D eigenvalue weighted by Gasteiger charge is 2.27. The highest BCUT2D eigenvalue weighted by molar-refractivity contribution is 7.89. The van der Waals surface area contributed by atoms with Gasteiger partial charge in [-0.05, 0) is 55.3 Å². The summed E-state index contributed by atoms with van der Waals surface area (Å²) in [6.07, 6.45) is 2.65. The van der Waals surface area contributed by atoms with Gasteiger partial charge in [0.05, 0.1) is 28.2 Å². The van der Waals surface area contributed by atoms with E-state index in [1.807, 2.05) is 0 Å². The molecule has 1 N–H and O–H groups in total. The Labute approximate surface area is 174 Å². The highest BCUT2D eigenvalue weighted by atomic mass is 35.5. The van der Waals surface area contributed by atoms with Crippen molar-refractivity contribution in [2.45, 2.75) is 24.2 Å². The molecule has 0 atom stereocenters. The number of methoxy groups -OCH3 is 1. The Morgan fingerprint density at radius 1 is 1.03 bits per heavy atom. The highest BCUT2D eigenvalue weighted by Crippen LogP contribution is 2.26. The van der Waals surface area contributed by atoms with E-state index >= 15 is 0 Å². The molecule has 29 heavy (non-hydrogen) atoms. The summed E-state index contributed by atoms with van der Waals surface area (Å²) in [5.41, 5.74) is 0.836. The third kappa shape index (κ3) is 4.77. The quantitative estimate of drug-likeness (QED) is 0.723. The molecular weight excluding hydrogens is 416 g/mol. The molecule has 1 aliphatic heterocycles. The van der Waals surface area contributed by atoms with E-state index in [0.29, 0.717) is 24.3 Å². The minimum atomic E-state index is -3.68. The van der Waals surface area contributed by atoms with E-state index in [1.54, 1.807) is 12.1 Å². The second-order valence-electron chi connectivity index (χ2n) is 6.63. The number of esters is 1. The fraction of sp³-hybridized carbons (Fsp3) is 0.300. The number of carbonyl (C=O) groups excluding carboxylic acids is 2. The van der Waals surface area contributed by atoms with Crippen LogP contribution >= 0.6 is 11.6 Å². The standard InChI is InChI=1S/C20H21ClN2O5S/c1-28-20(25)14-5-7-15(8-6-14)22-19(24)17-13-16(9-10-18(17)21)29(26,27)23-11-3-2-4-12-23/h5-10,13H,2-4,11-12H2,1H3,(H,22,24). The lowest BCUT2D eigenvalue weighted by molar-refractivity contribution is 0.0600. The summed E-state index contributed by atoms with van der Waals surface area (Å²) < 4.78 is 31.8. The minimum Gasteiger partial charge on any atom is -0.465 e. The van der Waals surface area contributed by atoms with Crippen LogP contribution in [0.2, 0.25) is 5.02 Å². The van der Waals surface area contributed by atoms with Gasteiger partial charge in [0.15, 0.2) is 0 Å². The van der Waals surface area contributed by atoms with Gasteiger partial charge in [-0.15, -0.1) is 0 Å². The molecule has 1 amide bonds. The third-order valence-corrected chi connectivity index (χ3v) is 6.92. The molecule has 1 heterocycles. The molecule has 1 aliphatic rings. The number of piperidine rings is 1. The van der Waals surface area contributed by atoms with Gasteiger partial charge in [0.2, 0.25) is 10.0 Å². The Hall–Kier alpha value is -2.42. The number of amides is 1. The van der Waals surface area contributed by atoms with Gasteiger partial charge in [0.1, 0.15) is 0 Å². The molecule has 0 saturated carbocycles. The third-order valence-electron chi connectivity index (χ3n) is 4.70. The SMILES string of the molecule is COC(=O)c1ccc(NC(=O)c2cc(S(=O)(=O)N3CCCCC3)ccc2Cl)cc1. The van der Waals surface area contributed by atoms with Gasteiger partial charge in [-0.3, -0.25) is 4.79 Å². The maximum Gasteiger partial charge on any atom is 0.337 e. The Morgan fingerprint density at radius 2 is 1.69 bits per heavy atom. The van der Waals surface area contributed by atoms with Gasteiger partial charge in [0, 0.05) is 18.8 Å². The predicted octanol–water partition coefficient (Wildman–Crippen LogP) is 3.55. The number of nitrogens with zero attached hydrogens (tertiary/aromatic N) is 1. The van der Waals surface area contributed by atoms with E-state index in [-0.39, 0.29) is 15.5 Å². The molecule has 0 spiro atoms. The second kappa shape index (κ2) is 8.94. The fourth-order valence-electron chi connectivity index (χ4n) is 3.10. The Balaban J connectivity index is 1.82. The van der Waals surface area contributed by atoms with Gasteiger partial charge in [0.25, 0.3) is 5.91 Å². The van der Waals surface area contributed by atoms with Crippen molar-refractivity contribution in [3.05, 3.63) is 58.6 Å². The van der Waals surface area contributed by atoms with Gasteiger partial charge >= 0.3 is 5.97 Å². The predicted molar refractivity (Wildman–Crippen MR) is 110 cm³/mol. The Bertz CT molecular complexity index is 1020. The van der Waals surface area contributed by atoms with Gasteiger partial charge in [-0.1, -0.05) is 18.0 Å². The second-order valence-corrected chi connectivity index (χ2v) is 8.97. The smallest absolute Gasteiger partial charge is 0.337 e. The normalized spacial score (nSPS) is 15.0. The number of hydrogen-bond donors (Lipinski definition) is 1. The number of carbonyl (C=O) groups is 2. The number of halogens is 1. The summed E-state index contributed by atoms with van der Waals surface area (Å²) in [5.74, 6) is -1.03. The molecule has 3 rings (SSSR count). The van der Waals surface area contributed by atoms with E-state index in [0.717, 1.165) is 19.3 Å². The zero-order valence-corrected chi connectivity index (χ0v) is 17.4. The average molecular weight is 437 g/mol. The fourth-order valence-corrected chi connectivity index (χ4v) is 4.85. The summed E-state index contributed by atoms with van der Waals surface area (Å²) in [6, 6.07) is 10.2. The van der Waals surface area contributed by atoms with Crippen molar-refractivity contribution in [2.24, 2.45) is 0 Å². The van der Waals surface area contributed by atoms with Gasteiger partial charge in [-0.2, -0.15) is 4.31 Å². The zero-order chi connectivity index (χ0) is 21.0. The topological polar surface area (TPSA) is 92.8 Å². The first-order valence-electron chi connectivity index (χ1n) is 9.12. The number of hydrogen-bond acceptors (Lipinski definition) is 5. The Kier molecular flexibility index (Phi) is 6.56. The van der Waals surface area contributed by atoms with Crippen LogP contribution in [-0.4, -0.2) is 44.8 Å². The molecule has 0 unspecified atom stereocenters. The molecule has 2 aromatic carbocycles. The van der Waals surface area contributed by atoms with Crippen LogP contribution < -0.4 is 5.32 Å². The van der Waals surface area contributed by atoms with Crippen LogP contribution in [0.3, 0.4) is 0 Å². The summed E-state index contributed by atoms with van der Waals surface area (Å²) in [5, 5.41) is 2.80. The largest absolute Gasteiger partial charge is 0.465 e. The van der Waals surface area contributed by atoms with Crippen molar-refractivity contribution < 1.29 is 22.7 Å². The van der Waals surface area contributed by atoms with E-state index < -0.39 is 21.9 Å². The lowest BCUT2D eigenvalue weighted by Crippen LogP contribution is -2.35. The molecule has 7 nitrogen and oxygen atoms in total. The van der Waals surface area contributed by atoms with E-state index in [2.05, 4.69) is 10.1 Å². The molecule has 9 heteroatoms. The van der Waals surface area contributed by atoms with Crippen molar-refractivity contribution in [2.75, 3.05) is 25.5 Å². The number of rotatable bonds is 5. The molecular formula is C20H21ClN2O5S. The molecule has 1 fully saturated rings. The molecule has 0 radical (unpaired) electrons. The number of anilines is 1. The first-order chi connectivity index (χ1) is 13.8. The molecule has 154 valence electrons. The molecule has 0 bridgehead atoms. The Morgan fingerprint density at radius 3 is 2.31 bits per heavy atom. The number of ether oxygens (including phenoxy) is 1. The maximum absolute atomic E-state index is 12.9. The number of benzene rings is 2. The first-order valence-corrected chi connectivity index (χ1v) is 10.9. The summed E-state index contributed by atoms with van der Waals surface area (Å²) in [4.78, 5) is 24.2. The first kappa shape index (κ1) is 21.3. The van der Waals surface area contributed by atoms with Crippen molar-refractivity contribution in [1.29, 1.82) is 0 Å². The molecule has 2 aromatic rings. The van der Waals surface area contributed by atoms with Crippen LogP contribution in [0.5, 0.6) is 0 Å². The van der Waals surface area contributed by atoms with Gasteiger partial charge in [-0.25, -0.2) is 13.2 Å². The van der Waals surface area contributed by atoms with E-state index in [9.17, 15) is 18.0 Å². The van der Waals surface area contributed by atoms with Crippen molar-refractivity contribution >= 4 is 39.2 Å². The van der Waals surface area contributed by atoms with Gasteiger partial charge < -0.3 is 10.1 Å². The van der Waals surface area contributed by atoms with Crippen molar-refractivity contribution in [3.8, 4) is 0 Å². The number of sulfonamides is 1. The van der Waals surface area contributed by atoms with Crippen LogP contribution in [0, 0.1) is 0 Å². The minimum absolute atomic E-state index is 0.0370. The van der Waals surface area contributed by atoms with Crippen LogP contribution in [-0.2, 0) is 14.8 Å². The molecule has 0 aromatic heterocycles. The average Bonchev–Trinajstić information content (AvgIpc) is 2.74. The maximum atomic E-state index is 12.9. The number of nitrogens with one attached hydrogen (secondary N) is 1. The monoisotopic (exact) mass is 436 g/mol. The summed E-state index contributed by atoms with van der Waals surface area (Å²) >= 11 is 6.15. The van der Waals surface area contributed by atoms with Crippen LogP contribution in [0.1, 0.15) is 40.0 Å². The van der Waals surface area contributed by atoms with E-state index in [1.165, 1.54) is 41.7 Å². The molecule has 1 saturated heterocycles. The van der Waals surface area contributed by atoms with E-state index in [4.69, 9.17) is 11.6 Å². The van der Waals surface area contributed by atoms with Crippen molar-refractivity contribution in [1.82, 2.24) is 4.31 Å². The lowest BCUT2D eigenvalue weighted by Gasteiger charge is -2.26. The van der Waals surface area contributed by atoms with Crippen LogP contribution in [0.4, 0.5) is 5.69 Å². The summed E-state index contributed by atoms with van der Waals surface area (Å²) in [6.45, 7) is 0.943. The summed E-state index contributed by atoms with van der Waals surface area (Å²) in [7, 11) is -2.40. The van der Waals surface area contributed by atoms with Crippen LogP contribution in [0.15, 0.2) is 47.4 Å².